The Morgan fingerprint density at radius 2 is 1.65 bits per heavy atom. The zero-order valence-electron chi connectivity index (χ0n) is 20.5. The second-order valence-electron chi connectivity index (χ2n) is 9.63. The summed E-state index contributed by atoms with van der Waals surface area (Å²) >= 11 is 6.28. The number of hydrogen-bond donors (Lipinski definition) is 0. The zero-order chi connectivity index (χ0) is 26.1. The molecule has 0 amide bonds. The minimum Gasteiger partial charge on any atom is -0.497 e. The number of anilines is 1. The highest BCUT2D eigenvalue weighted by molar-refractivity contribution is 6.32. The molecule has 1 aliphatic carbocycles. The number of carbonyl (C=O) groups is 3. The van der Waals surface area contributed by atoms with Gasteiger partial charge >= 0.3 is 0 Å². The molecule has 6 rings (SSSR count). The maximum absolute atomic E-state index is 14.4. The molecule has 0 unspecified atom stereocenters. The summed E-state index contributed by atoms with van der Waals surface area (Å²) in [7, 11) is 3.08. The van der Waals surface area contributed by atoms with Gasteiger partial charge < -0.3 is 14.4 Å². The number of fused-ring (bicyclic) bond motifs is 5. The number of ether oxygens (including phenoxy) is 2. The molecule has 3 aromatic carbocycles. The van der Waals surface area contributed by atoms with Crippen LogP contribution in [0.2, 0.25) is 5.02 Å². The lowest BCUT2D eigenvalue weighted by Crippen LogP contribution is -2.48. The van der Waals surface area contributed by atoms with Crippen molar-refractivity contribution in [1.82, 2.24) is 0 Å². The second kappa shape index (κ2) is 8.32. The molecule has 186 valence electrons. The Bertz CT molecular complexity index is 1490. The molecule has 0 N–H and O–H groups in total. The Morgan fingerprint density at radius 3 is 2.27 bits per heavy atom. The molecule has 2 heterocycles. The molecular formula is C30H24ClNO5. The first-order valence-electron chi connectivity index (χ1n) is 12.0. The van der Waals surface area contributed by atoms with Crippen LogP contribution in [0.15, 0.2) is 66.7 Å². The van der Waals surface area contributed by atoms with E-state index in [1.807, 2.05) is 29.2 Å². The molecule has 37 heavy (non-hydrogen) atoms. The summed E-state index contributed by atoms with van der Waals surface area (Å²) in [4.78, 5) is 44.4. The van der Waals surface area contributed by atoms with E-state index in [1.54, 1.807) is 55.6 Å². The maximum Gasteiger partial charge on any atom is 0.180 e. The molecule has 1 spiro atoms. The number of hydrogen-bond acceptors (Lipinski definition) is 6. The minimum atomic E-state index is -1.56. The lowest BCUT2D eigenvalue weighted by atomic mass is 9.64. The Labute approximate surface area is 219 Å². The third-order valence-electron chi connectivity index (χ3n) is 7.96. The van der Waals surface area contributed by atoms with Crippen molar-refractivity contribution >= 4 is 40.7 Å². The summed E-state index contributed by atoms with van der Waals surface area (Å²) < 4.78 is 11.1. The molecule has 3 atom stereocenters. The predicted molar refractivity (Wildman–Crippen MR) is 141 cm³/mol. The number of halogens is 1. The third-order valence-corrected chi connectivity index (χ3v) is 8.19. The fourth-order valence-electron chi connectivity index (χ4n) is 6.52. The van der Waals surface area contributed by atoms with Crippen molar-refractivity contribution in [3.63, 3.8) is 0 Å². The first-order chi connectivity index (χ1) is 17.8. The number of carbonyl (C=O) groups excluding carboxylic acids is 3. The van der Waals surface area contributed by atoms with Crippen LogP contribution in [-0.2, 0) is 4.79 Å². The van der Waals surface area contributed by atoms with Crippen molar-refractivity contribution in [2.75, 3.05) is 19.1 Å². The van der Waals surface area contributed by atoms with Gasteiger partial charge in [-0.25, -0.2) is 0 Å². The average Bonchev–Trinajstić information content (AvgIpc) is 3.34. The first-order valence-corrected chi connectivity index (χ1v) is 12.4. The number of nitrogens with zero attached hydrogens (tertiary/aromatic N) is 1. The Kier molecular flexibility index (Phi) is 5.28. The van der Waals surface area contributed by atoms with Crippen LogP contribution >= 0.6 is 11.6 Å². The largest absolute Gasteiger partial charge is 0.497 e. The van der Waals surface area contributed by atoms with E-state index in [0.717, 1.165) is 11.3 Å². The van der Waals surface area contributed by atoms with Gasteiger partial charge in [0, 0.05) is 39.4 Å². The predicted octanol–water partition coefficient (Wildman–Crippen LogP) is 5.38. The maximum atomic E-state index is 14.4. The molecule has 2 aliphatic heterocycles. The zero-order valence-corrected chi connectivity index (χ0v) is 21.3. The fourth-order valence-corrected chi connectivity index (χ4v) is 6.70. The second-order valence-corrected chi connectivity index (χ2v) is 10.1. The van der Waals surface area contributed by atoms with Gasteiger partial charge in [-0.2, -0.15) is 0 Å². The average molecular weight is 514 g/mol. The van der Waals surface area contributed by atoms with Crippen LogP contribution < -0.4 is 14.4 Å². The van der Waals surface area contributed by atoms with Gasteiger partial charge in [0.15, 0.2) is 17.3 Å². The van der Waals surface area contributed by atoms with E-state index in [2.05, 4.69) is 0 Å². The van der Waals surface area contributed by atoms with Crippen LogP contribution in [0.3, 0.4) is 0 Å². The standard InChI is InChI=1S/C30H24ClNO5/c1-16(33)27-26(22-11-10-19(36-2)15-24(22)37-3)30(28(34)20-6-4-5-7-21(20)29(30)35)25-13-8-17-14-18(31)9-12-23(17)32(25)27/h4-15,25-27H,1-3H3/t25-,26+,27+/m1/s1. The highest BCUT2D eigenvalue weighted by atomic mass is 35.5. The van der Waals surface area contributed by atoms with Crippen LogP contribution in [0.25, 0.3) is 6.08 Å². The van der Waals surface area contributed by atoms with Gasteiger partial charge in [0.05, 0.1) is 26.3 Å². The summed E-state index contributed by atoms with van der Waals surface area (Å²) in [5.41, 5.74) is 1.38. The van der Waals surface area contributed by atoms with Gasteiger partial charge in [-0.3, -0.25) is 14.4 Å². The van der Waals surface area contributed by atoms with Crippen molar-refractivity contribution in [2.24, 2.45) is 5.41 Å². The smallest absolute Gasteiger partial charge is 0.180 e. The van der Waals surface area contributed by atoms with Gasteiger partial charge in [0.1, 0.15) is 16.9 Å². The molecule has 0 bridgehead atoms. The van der Waals surface area contributed by atoms with Crippen LogP contribution in [0.1, 0.15) is 44.7 Å². The number of benzene rings is 3. The molecule has 0 aromatic heterocycles. The molecular weight excluding hydrogens is 490 g/mol. The number of methoxy groups -OCH3 is 2. The number of rotatable bonds is 4. The number of Topliss-reactive ketones (excluding diaryl/α,β-unsaturated/α-hetero) is 3. The highest BCUT2D eigenvalue weighted by Crippen LogP contribution is 2.61. The SMILES string of the molecule is COc1ccc([C@H]2[C@H](C(C)=O)N3c4ccc(Cl)cc4C=C[C@@H]3C23C(=O)c2ccccc2C3=O)c(OC)c1. The quantitative estimate of drug-likeness (QED) is 0.436. The first kappa shape index (κ1) is 23.5. The number of ketones is 3. The van der Waals surface area contributed by atoms with Gasteiger partial charge in [0.2, 0.25) is 0 Å². The summed E-state index contributed by atoms with van der Waals surface area (Å²) in [6.07, 6.45) is 3.75. The Hall–Kier alpha value is -3.90. The molecule has 0 radical (unpaired) electrons. The van der Waals surface area contributed by atoms with Crippen molar-refractivity contribution in [3.05, 3.63) is 94.0 Å². The lowest BCUT2D eigenvalue weighted by molar-refractivity contribution is -0.118. The monoisotopic (exact) mass is 513 g/mol. The summed E-state index contributed by atoms with van der Waals surface area (Å²) in [5, 5.41) is 0.559. The molecule has 1 saturated heterocycles. The highest BCUT2D eigenvalue weighted by Gasteiger charge is 2.71. The van der Waals surface area contributed by atoms with Gasteiger partial charge in [-0.15, -0.1) is 0 Å². The minimum absolute atomic E-state index is 0.155. The van der Waals surface area contributed by atoms with Gasteiger partial charge in [-0.1, -0.05) is 54.1 Å². The van der Waals surface area contributed by atoms with Crippen LogP contribution in [-0.4, -0.2) is 43.7 Å². The van der Waals surface area contributed by atoms with E-state index in [-0.39, 0.29) is 17.3 Å². The van der Waals surface area contributed by atoms with E-state index >= 15 is 0 Å². The topological polar surface area (TPSA) is 72.9 Å². The van der Waals surface area contributed by atoms with Crippen LogP contribution in [0.4, 0.5) is 5.69 Å². The fraction of sp³-hybridized carbons (Fsp3) is 0.233. The summed E-state index contributed by atoms with van der Waals surface area (Å²) in [6.45, 7) is 1.51. The van der Waals surface area contributed by atoms with Crippen LogP contribution in [0, 0.1) is 5.41 Å². The van der Waals surface area contributed by atoms with E-state index in [4.69, 9.17) is 21.1 Å². The summed E-state index contributed by atoms with van der Waals surface area (Å²) in [6, 6.07) is 16.1. The Morgan fingerprint density at radius 1 is 0.946 bits per heavy atom. The Balaban J connectivity index is 1.69. The molecule has 3 aromatic rings. The molecule has 7 heteroatoms. The summed E-state index contributed by atoms with van der Waals surface area (Å²) in [5.74, 6) is -0.510. The molecule has 6 nitrogen and oxygen atoms in total. The molecule has 0 saturated carbocycles. The van der Waals surface area contributed by atoms with E-state index in [9.17, 15) is 14.4 Å². The van der Waals surface area contributed by atoms with Gasteiger partial charge in [-0.05, 0) is 36.8 Å². The normalized spacial score (nSPS) is 22.6. The van der Waals surface area contributed by atoms with E-state index in [0.29, 0.717) is 33.2 Å². The molecule has 1 fully saturated rings. The van der Waals surface area contributed by atoms with Crippen molar-refractivity contribution in [1.29, 1.82) is 0 Å². The third kappa shape index (κ3) is 3.02. The van der Waals surface area contributed by atoms with Crippen molar-refractivity contribution in [2.45, 2.75) is 24.9 Å². The lowest BCUT2D eigenvalue weighted by Gasteiger charge is -2.37. The van der Waals surface area contributed by atoms with E-state index < -0.39 is 23.4 Å². The van der Waals surface area contributed by atoms with E-state index in [1.165, 1.54) is 14.0 Å². The van der Waals surface area contributed by atoms with Crippen LogP contribution in [0.5, 0.6) is 11.5 Å². The van der Waals surface area contributed by atoms with Crippen molar-refractivity contribution in [3.8, 4) is 11.5 Å². The van der Waals surface area contributed by atoms with Crippen molar-refractivity contribution < 1.29 is 23.9 Å². The molecule has 3 aliphatic rings. The van der Waals surface area contributed by atoms with Gasteiger partial charge in [0.25, 0.3) is 0 Å².